The highest BCUT2D eigenvalue weighted by Gasteiger charge is 2.09. The Morgan fingerprint density at radius 3 is 1.73 bits per heavy atom. The van der Waals surface area contributed by atoms with Crippen LogP contribution in [0.3, 0.4) is 0 Å². The molecule has 1 rings (SSSR count). The summed E-state index contributed by atoms with van der Waals surface area (Å²) >= 11 is 0. The number of carbonyl (C=O) groups is 1. The molecule has 1 heterocycles. The quantitative estimate of drug-likeness (QED) is 0.673. The van der Waals surface area contributed by atoms with Crippen LogP contribution in [0.25, 0.3) is 0 Å². The first-order valence-corrected chi connectivity index (χ1v) is 7.75. The fraction of sp³-hybridized carbons (Fsp3) is 0.929. The molecule has 0 unspecified atom stereocenters. The first kappa shape index (κ1) is 19.3. The van der Waals surface area contributed by atoms with Crippen molar-refractivity contribution in [2.45, 2.75) is 0 Å². The lowest BCUT2D eigenvalue weighted by Crippen LogP contribution is -2.36. The molecular formula is C14H28N2O6. The highest BCUT2D eigenvalue weighted by molar-refractivity contribution is 5.69. The van der Waals surface area contributed by atoms with E-state index in [1.165, 1.54) is 0 Å². The minimum Gasteiger partial charge on any atom is -0.480 e. The fourth-order valence-electron chi connectivity index (χ4n) is 1.91. The van der Waals surface area contributed by atoms with Crippen molar-refractivity contribution in [3.63, 3.8) is 0 Å². The predicted octanol–water partition coefficient (Wildman–Crippen LogP) is -0.957. The van der Waals surface area contributed by atoms with Gasteiger partial charge in [0.25, 0.3) is 0 Å². The van der Waals surface area contributed by atoms with Crippen molar-refractivity contribution >= 4 is 5.97 Å². The third kappa shape index (κ3) is 11.8. The first-order valence-electron chi connectivity index (χ1n) is 7.75. The molecule has 8 heteroatoms. The second-order valence-corrected chi connectivity index (χ2v) is 4.87. The molecule has 0 aliphatic carbocycles. The zero-order valence-corrected chi connectivity index (χ0v) is 13.1. The SMILES string of the molecule is O=C(O)CN1CCOCCOCCNCCOCCOCC1. The number of aliphatic carboxylic acids is 1. The number of hydrogen-bond donors (Lipinski definition) is 2. The van der Waals surface area contributed by atoms with E-state index >= 15 is 0 Å². The Labute approximate surface area is 131 Å². The monoisotopic (exact) mass is 320 g/mol. The lowest BCUT2D eigenvalue weighted by Gasteiger charge is -2.20. The van der Waals surface area contributed by atoms with Crippen molar-refractivity contribution in [2.75, 3.05) is 85.6 Å². The second-order valence-electron chi connectivity index (χ2n) is 4.87. The molecule has 0 spiro atoms. The smallest absolute Gasteiger partial charge is 0.317 e. The lowest BCUT2D eigenvalue weighted by atomic mass is 10.4. The Morgan fingerprint density at radius 1 is 0.818 bits per heavy atom. The molecule has 2 N–H and O–H groups in total. The molecule has 0 amide bonds. The molecule has 1 fully saturated rings. The third-order valence-electron chi connectivity index (χ3n) is 3.05. The summed E-state index contributed by atoms with van der Waals surface area (Å²) in [6.45, 7) is 7.04. The summed E-state index contributed by atoms with van der Waals surface area (Å²) in [5, 5.41) is 12.1. The van der Waals surface area contributed by atoms with Crippen LogP contribution in [0, 0.1) is 0 Å². The van der Waals surface area contributed by atoms with Gasteiger partial charge in [0, 0.05) is 26.2 Å². The summed E-state index contributed by atoms with van der Waals surface area (Å²) in [4.78, 5) is 12.6. The van der Waals surface area contributed by atoms with Gasteiger partial charge in [0.1, 0.15) is 0 Å². The Bertz CT molecular complexity index is 262. The van der Waals surface area contributed by atoms with E-state index in [1.807, 2.05) is 0 Å². The van der Waals surface area contributed by atoms with E-state index in [4.69, 9.17) is 24.1 Å². The van der Waals surface area contributed by atoms with Crippen molar-refractivity contribution in [2.24, 2.45) is 0 Å². The van der Waals surface area contributed by atoms with E-state index in [-0.39, 0.29) is 6.54 Å². The molecule has 0 saturated carbocycles. The fourth-order valence-corrected chi connectivity index (χ4v) is 1.91. The van der Waals surface area contributed by atoms with Crippen LogP contribution >= 0.6 is 0 Å². The summed E-state index contributed by atoms with van der Waals surface area (Å²) in [6.07, 6.45) is 0. The van der Waals surface area contributed by atoms with E-state index < -0.39 is 5.97 Å². The number of ether oxygens (including phenoxy) is 4. The van der Waals surface area contributed by atoms with Crippen molar-refractivity contribution < 1.29 is 28.8 Å². The average molecular weight is 320 g/mol. The molecule has 0 atom stereocenters. The van der Waals surface area contributed by atoms with E-state index in [0.717, 1.165) is 13.1 Å². The molecule has 0 aromatic carbocycles. The van der Waals surface area contributed by atoms with Crippen LogP contribution < -0.4 is 5.32 Å². The summed E-state index contributed by atoms with van der Waals surface area (Å²) in [5.41, 5.74) is 0. The molecule has 0 bridgehead atoms. The Hall–Kier alpha value is -0.770. The van der Waals surface area contributed by atoms with Gasteiger partial charge in [-0.25, -0.2) is 0 Å². The van der Waals surface area contributed by atoms with Crippen molar-refractivity contribution in [1.29, 1.82) is 0 Å². The van der Waals surface area contributed by atoms with Crippen LogP contribution in [0.1, 0.15) is 0 Å². The maximum Gasteiger partial charge on any atom is 0.317 e. The number of carboxylic acids is 1. The Balaban J connectivity index is 2.25. The van der Waals surface area contributed by atoms with E-state index in [2.05, 4.69) is 5.32 Å². The molecular weight excluding hydrogens is 292 g/mol. The number of nitrogens with one attached hydrogen (secondary N) is 1. The maximum atomic E-state index is 10.8. The van der Waals surface area contributed by atoms with Crippen LogP contribution in [0.5, 0.6) is 0 Å². The van der Waals surface area contributed by atoms with Gasteiger partial charge in [-0.15, -0.1) is 0 Å². The lowest BCUT2D eigenvalue weighted by molar-refractivity contribution is -0.138. The van der Waals surface area contributed by atoms with E-state index in [0.29, 0.717) is 65.9 Å². The van der Waals surface area contributed by atoms with Gasteiger partial charge in [-0.2, -0.15) is 0 Å². The molecule has 0 aromatic heterocycles. The first-order chi connectivity index (χ1) is 10.8. The Morgan fingerprint density at radius 2 is 1.27 bits per heavy atom. The van der Waals surface area contributed by atoms with E-state index in [9.17, 15) is 4.79 Å². The summed E-state index contributed by atoms with van der Waals surface area (Å²) in [6, 6.07) is 0. The molecule has 1 saturated heterocycles. The van der Waals surface area contributed by atoms with Crippen LogP contribution in [-0.2, 0) is 23.7 Å². The number of carboxylic acid groups (broad SMARTS) is 1. The molecule has 0 radical (unpaired) electrons. The van der Waals surface area contributed by atoms with Crippen LogP contribution in [-0.4, -0.2) is 102 Å². The van der Waals surface area contributed by atoms with Crippen molar-refractivity contribution in [3.05, 3.63) is 0 Å². The zero-order chi connectivity index (χ0) is 15.9. The minimum atomic E-state index is -0.846. The highest BCUT2D eigenvalue weighted by atomic mass is 16.5. The van der Waals surface area contributed by atoms with Crippen LogP contribution in [0.15, 0.2) is 0 Å². The predicted molar refractivity (Wildman–Crippen MR) is 80.2 cm³/mol. The van der Waals surface area contributed by atoms with Crippen LogP contribution in [0.2, 0.25) is 0 Å². The summed E-state index contributed by atoms with van der Waals surface area (Å²) in [7, 11) is 0. The molecule has 1 aliphatic rings. The largest absolute Gasteiger partial charge is 0.480 e. The topological polar surface area (TPSA) is 89.5 Å². The van der Waals surface area contributed by atoms with Gasteiger partial charge in [0.05, 0.1) is 59.4 Å². The molecule has 1 aliphatic heterocycles. The summed E-state index contributed by atoms with van der Waals surface area (Å²) < 4.78 is 21.7. The van der Waals surface area contributed by atoms with Gasteiger partial charge in [-0.05, 0) is 0 Å². The molecule has 22 heavy (non-hydrogen) atoms. The minimum absolute atomic E-state index is 0.00854. The van der Waals surface area contributed by atoms with Crippen molar-refractivity contribution in [1.82, 2.24) is 10.2 Å². The maximum absolute atomic E-state index is 10.8. The second kappa shape index (κ2) is 13.9. The number of rotatable bonds is 2. The Kier molecular flexibility index (Phi) is 12.1. The number of hydrogen-bond acceptors (Lipinski definition) is 7. The number of nitrogens with zero attached hydrogens (tertiary/aromatic N) is 1. The molecule has 130 valence electrons. The molecule has 8 nitrogen and oxygen atoms in total. The molecule has 0 aromatic rings. The normalized spacial score (nSPS) is 22.5. The van der Waals surface area contributed by atoms with Gasteiger partial charge in [0.2, 0.25) is 0 Å². The van der Waals surface area contributed by atoms with Gasteiger partial charge in [0.15, 0.2) is 0 Å². The van der Waals surface area contributed by atoms with Gasteiger partial charge >= 0.3 is 5.97 Å². The van der Waals surface area contributed by atoms with E-state index in [1.54, 1.807) is 4.90 Å². The van der Waals surface area contributed by atoms with Gasteiger partial charge < -0.3 is 29.4 Å². The van der Waals surface area contributed by atoms with Crippen LogP contribution in [0.4, 0.5) is 0 Å². The summed E-state index contributed by atoms with van der Waals surface area (Å²) in [5.74, 6) is -0.846. The highest BCUT2D eigenvalue weighted by Crippen LogP contribution is 1.91. The standard InChI is InChI=1S/C14H28N2O6/c17-14(18)13-16-3-7-21-11-9-19-5-1-15-2-6-20-10-12-22-8-4-16/h15H,1-13H2,(H,17,18). The van der Waals surface area contributed by atoms with Gasteiger partial charge in [-0.1, -0.05) is 0 Å². The van der Waals surface area contributed by atoms with Gasteiger partial charge in [-0.3, -0.25) is 9.69 Å². The average Bonchev–Trinajstić information content (AvgIpc) is 2.48. The van der Waals surface area contributed by atoms with Crippen molar-refractivity contribution in [3.8, 4) is 0 Å². The third-order valence-corrected chi connectivity index (χ3v) is 3.05. The zero-order valence-electron chi connectivity index (χ0n) is 13.1.